The third-order valence-corrected chi connectivity index (χ3v) is 3.44. The van der Waals surface area contributed by atoms with Crippen molar-refractivity contribution in [1.82, 2.24) is 5.32 Å². The van der Waals surface area contributed by atoms with Crippen molar-refractivity contribution in [2.75, 3.05) is 6.54 Å². The van der Waals surface area contributed by atoms with E-state index >= 15 is 0 Å². The lowest BCUT2D eigenvalue weighted by atomic mass is 10.1. The van der Waals surface area contributed by atoms with E-state index < -0.39 is 5.97 Å². The number of aryl methyl sites for hydroxylation is 1. The van der Waals surface area contributed by atoms with Gasteiger partial charge in [-0.15, -0.1) is 0 Å². The number of benzene rings is 2. The molecule has 0 radical (unpaired) electrons. The maximum Gasteiger partial charge on any atom is 0.336 e. The molecule has 0 saturated carbocycles. The van der Waals surface area contributed by atoms with Crippen LogP contribution in [0.2, 0.25) is 0 Å². The van der Waals surface area contributed by atoms with Crippen LogP contribution in [0.15, 0.2) is 42.5 Å². The molecule has 0 aliphatic heterocycles. The van der Waals surface area contributed by atoms with Gasteiger partial charge in [0.05, 0.1) is 5.56 Å². The molecule has 2 rings (SSSR count). The number of hydrogen-bond donors (Lipinski definition) is 2. The van der Waals surface area contributed by atoms with E-state index in [-0.39, 0.29) is 5.82 Å². The number of aromatic carboxylic acids is 1. The molecule has 0 amide bonds. The molecule has 0 atom stereocenters. The predicted octanol–water partition coefficient (Wildman–Crippen LogP) is 3.16. The molecule has 0 bridgehead atoms. The minimum atomic E-state index is -0.915. The van der Waals surface area contributed by atoms with E-state index in [0.29, 0.717) is 18.7 Å². The summed E-state index contributed by atoms with van der Waals surface area (Å²) in [5.41, 5.74) is 3.11. The molecule has 0 unspecified atom stereocenters. The fraction of sp³-hybridized carbons (Fsp3) is 0.235. The highest BCUT2D eigenvalue weighted by Crippen LogP contribution is 2.11. The lowest BCUT2D eigenvalue weighted by Crippen LogP contribution is -2.19. The molecule has 0 aliphatic carbocycles. The van der Waals surface area contributed by atoms with Gasteiger partial charge in [-0.3, -0.25) is 0 Å². The van der Waals surface area contributed by atoms with Gasteiger partial charge in [0.2, 0.25) is 0 Å². The summed E-state index contributed by atoms with van der Waals surface area (Å²) in [7, 11) is 0. The van der Waals surface area contributed by atoms with Crippen LogP contribution in [0.1, 0.15) is 27.0 Å². The number of halogens is 1. The second-order valence-corrected chi connectivity index (χ2v) is 4.96. The fourth-order valence-electron chi connectivity index (χ4n) is 2.27. The number of hydrogen-bond acceptors (Lipinski definition) is 2. The molecule has 2 aromatic rings. The first-order valence-corrected chi connectivity index (χ1v) is 6.85. The Morgan fingerprint density at radius 1 is 1.19 bits per heavy atom. The molecule has 110 valence electrons. The number of carbonyl (C=O) groups is 1. The van der Waals surface area contributed by atoms with E-state index in [4.69, 9.17) is 5.11 Å². The van der Waals surface area contributed by atoms with E-state index in [1.165, 1.54) is 12.1 Å². The van der Waals surface area contributed by atoms with Crippen molar-refractivity contribution in [3.63, 3.8) is 0 Å². The monoisotopic (exact) mass is 287 g/mol. The molecule has 2 N–H and O–H groups in total. The van der Waals surface area contributed by atoms with Gasteiger partial charge in [0, 0.05) is 6.54 Å². The second kappa shape index (κ2) is 6.99. The minimum Gasteiger partial charge on any atom is -0.478 e. The molecule has 0 spiro atoms. The first-order valence-electron chi connectivity index (χ1n) is 6.85. The van der Waals surface area contributed by atoms with E-state index in [1.54, 1.807) is 24.3 Å². The highest BCUT2D eigenvalue weighted by atomic mass is 19.1. The predicted molar refractivity (Wildman–Crippen MR) is 79.9 cm³/mol. The highest BCUT2D eigenvalue weighted by Gasteiger charge is 2.08. The maximum absolute atomic E-state index is 13.0. The van der Waals surface area contributed by atoms with E-state index in [2.05, 4.69) is 5.32 Å². The first-order chi connectivity index (χ1) is 10.1. The summed E-state index contributed by atoms with van der Waals surface area (Å²) in [6, 6.07) is 11.7. The summed E-state index contributed by atoms with van der Waals surface area (Å²) in [5, 5.41) is 12.3. The van der Waals surface area contributed by atoms with Gasteiger partial charge >= 0.3 is 5.97 Å². The second-order valence-electron chi connectivity index (χ2n) is 4.96. The Morgan fingerprint density at radius 2 is 1.95 bits per heavy atom. The summed E-state index contributed by atoms with van der Waals surface area (Å²) in [6.45, 7) is 3.10. The van der Waals surface area contributed by atoms with Crippen molar-refractivity contribution >= 4 is 5.97 Å². The van der Waals surface area contributed by atoms with Gasteiger partial charge in [0.1, 0.15) is 5.82 Å². The van der Waals surface area contributed by atoms with Crippen LogP contribution in [0.5, 0.6) is 0 Å². The summed E-state index contributed by atoms with van der Waals surface area (Å²) in [5.74, 6) is -1.14. The van der Waals surface area contributed by atoms with Crippen LogP contribution in [0, 0.1) is 12.7 Å². The summed E-state index contributed by atoms with van der Waals surface area (Å²) >= 11 is 0. The number of carboxylic acid groups (broad SMARTS) is 1. The zero-order valence-corrected chi connectivity index (χ0v) is 11.9. The average Bonchev–Trinajstić information content (AvgIpc) is 2.45. The van der Waals surface area contributed by atoms with Gasteiger partial charge < -0.3 is 10.4 Å². The molecule has 3 nitrogen and oxygen atoms in total. The number of carboxylic acids is 1. The van der Waals surface area contributed by atoms with Crippen molar-refractivity contribution in [2.24, 2.45) is 0 Å². The molecule has 4 heteroatoms. The average molecular weight is 287 g/mol. The molecule has 0 saturated heterocycles. The molecule has 0 heterocycles. The van der Waals surface area contributed by atoms with Crippen molar-refractivity contribution in [3.8, 4) is 0 Å². The Kier molecular flexibility index (Phi) is 5.06. The maximum atomic E-state index is 13.0. The van der Waals surface area contributed by atoms with Gasteiger partial charge in [0.25, 0.3) is 0 Å². The molecule has 0 aliphatic rings. The zero-order chi connectivity index (χ0) is 15.2. The van der Waals surface area contributed by atoms with Crippen LogP contribution in [-0.2, 0) is 13.0 Å². The lowest BCUT2D eigenvalue weighted by Gasteiger charge is -2.09. The Hall–Kier alpha value is -2.20. The highest BCUT2D eigenvalue weighted by molar-refractivity contribution is 5.89. The van der Waals surface area contributed by atoms with E-state index in [1.807, 2.05) is 13.0 Å². The van der Waals surface area contributed by atoms with Crippen LogP contribution in [0.3, 0.4) is 0 Å². The van der Waals surface area contributed by atoms with E-state index in [0.717, 1.165) is 23.1 Å². The van der Waals surface area contributed by atoms with Crippen LogP contribution < -0.4 is 5.32 Å². The van der Waals surface area contributed by atoms with Gasteiger partial charge in [-0.05, 0) is 54.8 Å². The Bertz CT molecular complexity index is 640. The van der Waals surface area contributed by atoms with Gasteiger partial charge in [-0.2, -0.15) is 0 Å². The molecular formula is C17H18FNO2. The van der Waals surface area contributed by atoms with Gasteiger partial charge in [-0.1, -0.05) is 24.3 Å². The topological polar surface area (TPSA) is 49.3 Å². The van der Waals surface area contributed by atoms with Crippen LogP contribution >= 0.6 is 0 Å². The number of rotatable bonds is 6. The number of nitrogens with one attached hydrogen (secondary N) is 1. The van der Waals surface area contributed by atoms with Crippen LogP contribution in [0.4, 0.5) is 4.39 Å². The Morgan fingerprint density at radius 3 is 2.67 bits per heavy atom. The molecule has 21 heavy (non-hydrogen) atoms. The third kappa shape index (κ3) is 4.13. The summed E-state index contributed by atoms with van der Waals surface area (Å²) in [4.78, 5) is 11.1. The van der Waals surface area contributed by atoms with Crippen molar-refractivity contribution < 1.29 is 14.3 Å². The fourth-order valence-corrected chi connectivity index (χ4v) is 2.27. The van der Waals surface area contributed by atoms with Crippen molar-refractivity contribution in [1.29, 1.82) is 0 Å². The lowest BCUT2D eigenvalue weighted by molar-refractivity contribution is 0.0695. The van der Waals surface area contributed by atoms with Crippen LogP contribution in [-0.4, -0.2) is 17.6 Å². The van der Waals surface area contributed by atoms with E-state index in [9.17, 15) is 9.18 Å². The molecular weight excluding hydrogens is 269 g/mol. The molecule has 2 aromatic carbocycles. The molecule has 0 aromatic heterocycles. The largest absolute Gasteiger partial charge is 0.478 e. The summed E-state index contributed by atoms with van der Waals surface area (Å²) in [6.07, 6.45) is 0.779. The normalized spacial score (nSPS) is 10.6. The Labute approximate surface area is 123 Å². The van der Waals surface area contributed by atoms with Crippen LogP contribution in [0.25, 0.3) is 0 Å². The standard InChI is InChI=1S/C17H18FNO2/c1-12-10-15(18)7-6-13(12)8-9-19-11-14-4-2-3-5-16(14)17(20)21/h2-7,10,19H,8-9,11H2,1H3,(H,20,21). The minimum absolute atomic E-state index is 0.223. The smallest absolute Gasteiger partial charge is 0.336 e. The third-order valence-electron chi connectivity index (χ3n) is 3.44. The quantitative estimate of drug-likeness (QED) is 0.802. The van der Waals surface area contributed by atoms with Gasteiger partial charge in [-0.25, -0.2) is 9.18 Å². The molecule has 0 fully saturated rings. The first kappa shape index (κ1) is 15.2. The van der Waals surface area contributed by atoms with Gasteiger partial charge in [0.15, 0.2) is 0 Å². The zero-order valence-electron chi connectivity index (χ0n) is 11.9. The SMILES string of the molecule is Cc1cc(F)ccc1CCNCc1ccccc1C(=O)O. The summed E-state index contributed by atoms with van der Waals surface area (Å²) < 4.78 is 13.0. The van der Waals surface area contributed by atoms with Crippen molar-refractivity contribution in [2.45, 2.75) is 19.9 Å². The Balaban J connectivity index is 1.89. The van der Waals surface area contributed by atoms with Crippen molar-refractivity contribution in [3.05, 3.63) is 70.5 Å².